The van der Waals surface area contributed by atoms with E-state index >= 15 is 0 Å². The van der Waals surface area contributed by atoms with E-state index in [0.717, 1.165) is 5.56 Å². The zero-order chi connectivity index (χ0) is 13.9. The van der Waals surface area contributed by atoms with Crippen molar-refractivity contribution in [3.05, 3.63) is 35.9 Å². The molecule has 1 aliphatic heterocycles. The van der Waals surface area contributed by atoms with E-state index in [2.05, 4.69) is 20.8 Å². The first kappa shape index (κ1) is 14.6. The smallest absolute Gasteiger partial charge is 0.215 e. The molecule has 0 bridgehead atoms. The van der Waals surface area contributed by atoms with Gasteiger partial charge >= 0.3 is 0 Å². The quantitative estimate of drug-likeness (QED) is 0.601. The van der Waals surface area contributed by atoms with E-state index in [4.69, 9.17) is 0 Å². The van der Waals surface area contributed by atoms with Crippen LogP contribution in [0.5, 0.6) is 0 Å². The Bertz CT molecular complexity index is 413. The third kappa shape index (κ3) is 3.62. The molecule has 1 fully saturated rings. The Morgan fingerprint density at radius 1 is 1.05 bits per heavy atom. The number of rotatable bonds is 3. The van der Waals surface area contributed by atoms with Gasteiger partial charge in [-0.3, -0.25) is 4.79 Å². The van der Waals surface area contributed by atoms with Crippen molar-refractivity contribution in [3.8, 4) is 0 Å². The van der Waals surface area contributed by atoms with E-state index in [9.17, 15) is 4.79 Å². The van der Waals surface area contributed by atoms with E-state index in [-0.39, 0.29) is 21.6 Å². The summed E-state index contributed by atoms with van der Waals surface area (Å²) in [6.07, 6.45) is 3.95. The predicted molar refractivity (Wildman–Crippen MR) is 85.0 cm³/mol. The van der Waals surface area contributed by atoms with Crippen LogP contribution in [0, 0.1) is 5.41 Å². The van der Waals surface area contributed by atoms with E-state index in [1.807, 2.05) is 30.3 Å². The Morgan fingerprint density at radius 3 is 2.16 bits per heavy atom. The van der Waals surface area contributed by atoms with E-state index in [0.29, 0.717) is 5.78 Å². The highest BCUT2D eigenvalue weighted by atomic mass is 32.2. The standard InChI is InChI=1S/C17H25OS/c1-17(2,3)16(19-12-8-5-9-13-19)15(18)14-10-6-4-7-11-14/h4,6-7,10-11,16H,5,8-9,12-13H2,1-3H3/q+1. The minimum absolute atomic E-state index is 0.0629. The number of Topliss-reactive ketones (excluding diaryl/α,β-unsaturated/α-hetero) is 1. The lowest BCUT2D eigenvalue weighted by Crippen LogP contribution is -2.45. The highest BCUT2D eigenvalue weighted by Gasteiger charge is 2.45. The maximum atomic E-state index is 12.9. The van der Waals surface area contributed by atoms with Gasteiger partial charge in [-0.15, -0.1) is 0 Å². The Morgan fingerprint density at radius 2 is 1.63 bits per heavy atom. The van der Waals surface area contributed by atoms with Crippen molar-refractivity contribution >= 4 is 16.7 Å². The summed E-state index contributed by atoms with van der Waals surface area (Å²) in [5, 5.41) is 0.190. The lowest BCUT2D eigenvalue weighted by atomic mass is 9.87. The fraction of sp³-hybridized carbons (Fsp3) is 0.588. The van der Waals surface area contributed by atoms with E-state index < -0.39 is 0 Å². The average Bonchev–Trinajstić information content (AvgIpc) is 2.39. The molecular weight excluding hydrogens is 252 g/mol. The first-order chi connectivity index (χ1) is 9.00. The topological polar surface area (TPSA) is 17.1 Å². The molecule has 0 aliphatic carbocycles. The summed E-state index contributed by atoms with van der Waals surface area (Å²) in [5.74, 6) is 2.86. The van der Waals surface area contributed by atoms with Crippen molar-refractivity contribution in [2.75, 3.05) is 11.5 Å². The fourth-order valence-corrected chi connectivity index (χ4v) is 6.15. The molecule has 0 aromatic heterocycles. The van der Waals surface area contributed by atoms with Crippen LogP contribution in [-0.2, 0) is 10.9 Å². The maximum absolute atomic E-state index is 12.9. The summed E-state index contributed by atoms with van der Waals surface area (Å²) in [4.78, 5) is 12.9. The molecule has 1 saturated heterocycles. The molecule has 2 rings (SSSR count). The minimum atomic E-state index is 0.0629. The lowest BCUT2D eigenvalue weighted by Gasteiger charge is -2.31. The minimum Gasteiger partial charge on any atom is -0.288 e. The molecule has 1 aromatic rings. The average molecular weight is 277 g/mol. The molecule has 0 N–H and O–H groups in total. The van der Waals surface area contributed by atoms with Crippen molar-refractivity contribution in [3.63, 3.8) is 0 Å². The van der Waals surface area contributed by atoms with Crippen molar-refractivity contribution < 1.29 is 4.79 Å². The van der Waals surface area contributed by atoms with Gasteiger partial charge in [0.2, 0.25) is 5.78 Å². The molecule has 1 aromatic carbocycles. The lowest BCUT2D eigenvalue weighted by molar-refractivity contribution is 0.0948. The molecule has 2 heteroatoms. The van der Waals surface area contributed by atoms with E-state index in [1.54, 1.807) is 0 Å². The largest absolute Gasteiger partial charge is 0.288 e. The van der Waals surface area contributed by atoms with Gasteiger partial charge in [-0.2, -0.15) is 0 Å². The number of hydrogen-bond acceptors (Lipinski definition) is 1. The number of carbonyl (C=O) groups is 1. The third-order valence-corrected chi connectivity index (χ3v) is 6.94. The zero-order valence-corrected chi connectivity index (χ0v) is 13.1. The summed E-state index contributed by atoms with van der Waals surface area (Å²) in [7, 11) is 0.268. The summed E-state index contributed by atoms with van der Waals surface area (Å²) < 4.78 is 0. The molecule has 1 atom stereocenters. The van der Waals surface area contributed by atoms with Gasteiger partial charge < -0.3 is 0 Å². The van der Waals surface area contributed by atoms with Gasteiger partial charge in [0.1, 0.15) is 11.5 Å². The monoisotopic (exact) mass is 277 g/mol. The van der Waals surface area contributed by atoms with Crippen LogP contribution in [0.3, 0.4) is 0 Å². The van der Waals surface area contributed by atoms with Gasteiger partial charge in [-0.1, -0.05) is 51.1 Å². The predicted octanol–water partition coefficient (Wildman–Crippen LogP) is 4.09. The normalized spacial score (nSPS) is 19.1. The van der Waals surface area contributed by atoms with Crippen LogP contribution < -0.4 is 0 Å². The summed E-state index contributed by atoms with van der Waals surface area (Å²) in [5.41, 5.74) is 0.952. The van der Waals surface area contributed by atoms with Crippen LogP contribution in [0.15, 0.2) is 30.3 Å². The number of benzene rings is 1. The molecule has 104 valence electrons. The second-order valence-corrected chi connectivity index (χ2v) is 8.85. The summed E-state index contributed by atoms with van der Waals surface area (Å²) in [6, 6.07) is 9.85. The third-order valence-electron chi connectivity index (χ3n) is 3.73. The summed E-state index contributed by atoms with van der Waals surface area (Å²) in [6.45, 7) is 6.67. The SMILES string of the molecule is CC(C)(C)C(C(=O)c1ccccc1)[S+]1CCCCC1. The van der Waals surface area contributed by atoms with Crippen LogP contribution in [0.2, 0.25) is 0 Å². The molecule has 1 aliphatic rings. The van der Waals surface area contributed by atoms with Crippen molar-refractivity contribution in [2.45, 2.75) is 45.3 Å². The van der Waals surface area contributed by atoms with E-state index in [1.165, 1.54) is 30.8 Å². The fourth-order valence-electron chi connectivity index (χ4n) is 2.89. The van der Waals surface area contributed by atoms with Gasteiger partial charge in [-0.05, 0) is 30.2 Å². The Balaban J connectivity index is 2.25. The van der Waals surface area contributed by atoms with Gasteiger partial charge in [0.05, 0.1) is 0 Å². The Kier molecular flexibility index (Phi) is 4.72. The van der Waals surface area contributed by atoms with Gasteiger partial charge in [0.15, 0.2) is 5.25 Å². The summed E-state index contributed by atoms with van der Waals surface area (Å²) >= 11 is 0. The molecule has 1 nitrogen and oxygen atoms in total. The molecule has 1 heterocycles. The highest BCUT2D eigenvalue weighted by Crippen LogP contribution is 2.33. The molecular formula is C17H25OS+. The van der Waals surface area contributed by atoms with Crippen LogP contribution in [0.1, 0.15) is 50.4 Å². The first-order valence-electron chi connectivity index (χ1n) is 7.26. The van der Waals surface area contributed by atoms with Crippen molar-refractivity contribution in [1.82, 2.24) is 0 Å². The van der Waals surface area contributed by atoms with Crippen LogP contribution >= 0.6 is 0 Å². The molecule has 0 radical (unpaired) electrons. The van der Waals surface area contributed by atoms with Gasteiger partial charge in [0.25, 0.3) is 0 Å². The van der Waals surface area contributed by atoms with Crippen molar-refractivity contribution in [1.29, 1.82) is 0 Å². The number of ketones is 1. The molecule has 0 spiro atoms. The van der Waals surface area contributed by atoms with Crippen molar-refractivity contribution in [2.24, 2.45) is 5.41 Å². The molecule has 0 amide bonds. The molecule has 0 saturated carbocycles. The molecule has 19 heavy (non-hydrogen) atoms. The van der Waals surface area contributed by atoms with Crippen LogP contribution in [0.4, 0.5) is 0 Å². The number of hydrogen-bond donors (Lipinski definition) is 0. The Hall–Kier alpha value is -0.760. The van der Waals surface area contributed by atoms with Gasteiger partial charge in [0, 0.05) is 11.0 Å². The second-order valence-electron chi connectivity index (χ2n) is 6.48. The van der Waals surface area contributed by atoms with Gasteiger partial charge in [-0.25, -0.2) is 0 Å². The maximum Gasteiger partial charge on any atom is 0.215 e. The Labute approximate surface area is 120 Å². The second kappa shape index (κ2) is 6.13. The zero-order valence-electron chi connectivity index (χ0n) is 12.3. The first-order valence-corrected chi connectivity index (χ1v) is 8.88. The highest BCUT2D eigenvalue weighted by molar-refractivity contribution is 7.98. The van der Waals surface area contributed by atoms with Crippen LogP contribution in [0.25, 0.3) is 0 Å². The van der Waals surface area contributed by atoms with Crippen LogP contribution in [-0.4, -0.2) is 22.5 Å². The molecule has 1 unspecified atom stereocenters. The number of carbonyl (C=O) groups excluding carboxylic acids is 1.